The van der Waals surface area contributed by atoms with E-state index < -0.39 is 0 Å². The lowest BCUT2D eigenvalue weighted by atomic mass is 9.58. The summed E-state index contributed by atoms with van der Waals surface area (Å²) in [6, 6.07) is 0. The van der Waals surface area contributed by atoms with Gasteiger partial charge in [0, 0.05) is 19.3 Å². The van der Waals surface area contributed by atoms with E-state index in [1.165, 1.54) is 6.92 Å². The molecule has 0 spiro atoms. The summed E-state index contributed by atoms with van der Waals surface area (Å²) in [5.74, 6) is 0.391. The summed E-state index contributed by atoms with van der Waals surface area (Å²) in [5, 5.41) is 0. The van der Waals surface area contributed by atoms with Gasteiger partial charge in [-0.2, -0.15) is 0 Å². The number of hydrogen-bond acceptors (Lipinski definition) is 3. The van der Waals surface area contributed by atoms with Gasteiger partial charge in [0.2, 0.25) is 0 Å². The molecule has 3 atom stereocenters. The minimum atomic E-state index is -0.264. The minimum Gasteiger partial charge on any atom is -0.466 e. The van der Waals surface area contributed by atoms with Crippen LogP contribution in [-0.4, -0.2) is 18.4 Å². The molecule has 0 N–H and O–H groups in total. The second-order valence-corrected chi connectivity index (χ2v) is 5.72. The van der Waals surface area contributed by atoms with Crippen LogP contribution in [0.15, 0.2) is 12.2 Å². The molecule has 1 aliphatic rings. The summed E-state index contributed by atoms with van der Waals surface area (Å²) in [6.07, 6.45) is 2.23. The van der Waals surface area contributed by atoms with Crippen molar-refractivity contribution in [1.82, 2.24) is 0 Å². The van der Waals surface area contributed by atoms with Gasteiger partial charge in [-0.3, -0.25) is 9.59 Å². The third kappa shape index (κ3) is 3.01. The first-order valence-electron chi connectivity index (χ1n) is 6.60. The second kappa shape index (κ2) is 5.68. The van der Waals surface area contributed by atoms with Crippen LogP contribution in [-0.2, 0) is 14.3 Å². The standard InChI is InChI=1S/C15H24O3/c1-10(2)13-6-7-14(17)11(3)15(13,5)8-9-18-12(4)16/h11,13H,1,6-9H2,2-5H3/t11-,13+,15+/m1/s1. The highest BCUT2D eigenvalue weighted by molar-refractivity contribution is 5.82. The normalized spacial score (nSPS) is 32.1. The third-order valence-electron chi connectivity index (χ3n) is 4.49. The number of carbonyl (C=O) groups excluding carboxylic acids is 2. The van der Waals surface area contributed by atoms with Gasteiger partial charge in [-0.25, -0.2) is 0 Å². The summed E-state index contributed by atoms with van der Waals surface area (Å²) >= 11 is 0. The molecule has 0 saturated heterocycles. The first-order chi connectivity index (χ1) is 8.29. The minimum absolute atomic E-state index is 0.00325. The molecule has 0 unspecified atom stereocenters. The number of hydrogen-bond donors (Lipinski definition) is 0. The number of rotatable bonds is 4. The van der Waals surface area contributed by atoms with Crippen LogP contribution in [0.2, 0.25) is 0 Å². The van der Waals surface area contributed by atoms with Gasteiger partial charge in [-0.15, -0.1) is 0 Å². The van der Waals surface area contributed by atoms with Gasteiger partial charge >= 0.3 is 5.97 Å². The molecule has 1 aliphatic carbocycles. The van der Waals surface area contributed by atoms with Crippen LogP contribution < -0.4 is 0 Å². The van der Waals surface area contributed by atoms with E-state index in [0.29, 0.717) is 24.7 Å². The van der Waals surface area contributed by atoms with Crippen molar-refractivity contribution < 1.29 is 14.3 Å². The average Bonchev–Trinajstić information content (AvgIpc) is 2.25. The lowest BCUT2D eigenvalue weighted by molar-refractivity contribution is -0.143. The molecule has 0 amide bonds. The Hall–Kier alpha value is -1.12. The van der Waals surface area contributed by atoms with Crippen molar-refractivity contribution in [2.24, 2.45) is 17.3 Å². The van der Waals surface area contributed by atoms with Crippen LogP contribution in [0.5, 0.6) is 0 Å². The molecule has 1 fully saturated rings. The summed E-state index contributed by atoms with van der Waals surface area (Å²) in [4.78, 5) is 22.8. The Balaban J connectivity index is 2.83. The second-order valence-electron chi connectivity index (χ2n) is 5.72. The van der Waals surface area contributed by atoms with Crippen LogP contribution in [0.1, 0.15) is 47.0 Å². The molecule has 0 aromatic carbocycles. The van der Waals surface area contributed by atoms with Gasteiger partial charge in [0.25, 0.3) is 0 Å². The fourth-order valence-corrected chi connectivity index (χ4v) is 3.12. The molecular weight excluding hydrogens is 228 g/mol. The molecule has 0 heterocycles. The van der Waals surface area contributed by atoms with E-state index in [1.54, 1.807) is 0 Å². The molecule has 0 bridgehead atoms. The van der Waals surface area contributed by atoms with Gasteiger partial charge in [-0.05, 0) is 31.1 Å². The predicted octanol–water partition coefficient (Wildman–Crippen LogP) is 3.14. The Labute approximate surface area is 110 Å². The lowest BCUT2D eigenvalue weighted by Gasteiger charge is -2.46. The maximum Gasteiger partial charge on any atom is 0.302 e. The fraction of sp³-hybridized carbons (Fsp3) is 0.733. The summed E-state index contributed by atoms with van der Waals surface area (Å²) in [7, 11) is 0. The van der Waals surface area contributed by atoms with E-state index in [-0.39, 0.29) is 17.3 Å². The molecule has 3 heteroatoms. The van der Waals surface area contributed by atoms with Crippen molar-refractivity contribution in [2.45, 2.75) is 47.0 Å². The van der Waals surface area contributed by atoms with Crippen LogP contribution >= 0.6 is 0 Å². The van der Waals surface area contributed by atoms with Gasteiger partial charge in [0.1, 0.15) is 5.78 Å². The van der Waals surface area contributed by atoms with E-state index >= 15 is 0 Å². The summed E-state index contributed by atoms with van der Waals surface area (Å²) in [5.41, 5.74) is 0.982. The highest BCUT2D eigenvalue weighted by Crippen LogP contribution is 2.48. The van der Waals surface area contributed by atoms with E-state index in [4.69, 9.17) is 4.74 Å². The number of ketones is 1. The maximum absolute atomic E-state index is 11.9. The van der Waals surface area contributed by atoms with Crippen molar-refractivity contribution >= 4 is 11.8 Å². The Bertz CT molecular complexity index is 359. The molecule has 3 nitrogen and oxygen atoms in total. The van der Waals surface area contributed by atoms with Crippen LogP contribution in [0.25, 0.3) is 0 Å². The third-order valence-corrected chi connectivity index (χ3v) is 4.49. The zero-order chi connectivity index (χ0) is 13.9. The van der Waals surface area contributed by atoms with Crippen molar-refractivity contribution in [2.75, 3.05) is 6.61 Å². The molecule has 0 aromatic rings. The Morgan fingerprint density at radius 2 is 2.11 bits per heavy atom. The maximum atomic E-state index is 11.9. The van der Waals surface area contributed by atoms with Crippen molar-refractivity contribution in [3.63, 3.8) is 0 Å². The lowest BCUT2D eigenvalue weighted by Crippen LogP contribution is -2.43. The number of esters is 1. The fourth-order valence-electron chi connectivity index (χ4n) is 3.12. The van der Waals surface area contributed by atoms with Crippen LogP contribution in [0.3, 0.4) is 0 Å². The number of allylic oxidation sites excluding steroid dienone is 1. The smallest absolute Gasteiger partial charge is 0.302 e. The Kier molecular flexibility index (Phi) is 4.71. The van der Waals surface area contributed by atoms with Crippen molar-refractivity contribution in [1.29, 1.82) is 0 Å². The molecule has 102 valence electrons. The molecular formula is C15H24O3. The Morgan fingerprint density at radius 3 is 2.61 bits per heavy atom. The molecule has 1 saturated carbocycles. The van der Waals surface area contributed by atoms with Crippen molar-refractivity contribution in [3.8, 4) is 0 Å². The highest BCUT2D eigenvalue weighted by Gasteiger charge is 2.45. The average molecular weight is 252 g/mol. The van der Waals surface area contributed by atoms with E-state index in [1.807, 2.05) is 13.8 Å². The molecule has 0 radical (unpaired) electrons. The number of ether oxygens (including phenoxy) is 1. The highest BCUT2D eigenvalue weighted by atomic mass is 16.5. The zero-order valence-corrected chi connectivity index (χ0v) is 11.9. The van der Waals surface area contributed by atoms with Crippen molar-refractivity contribution in [3.05, 3.63) is 12.2 Å². The quantitative estimate of drug-likeness (QED) is 0.570. The SMILES string of the molecule is C=C(C)[C@@H]1CCC(=O)[C@@H](C)[C@]1(C)CCOC(C)=O. The van der Waals surface area contributed by atoms with Gasteiger partial charge in [0.15, 0.2) is 0 Å². The van der Waals surface area contributed by atoms with Gasteiger partial charge < -0.3 is 4.74 Å². The van der Waals surface area contributed by atoms with Gasteiger partial charge in [-0.1, -0.05) is 26.0 Å². The van der Waals surface area contributed by atoms with Crippen LogP contribution in [0, 0.1) is 17.3 Å². The molecule has 1 rings (SSSR count). The van der Waals surface area contributed by atoms with Crippen LogP contribution in [0.4, 0.5) is 0 Å². The topological polar surface area (TPSA) is 43.4 Å². The predicted molar refractivity (Wildman–Crippen MR) is 71.1 cm³/mol. The number of carbonyl (C=O) groups is 2. The molecule has 0 aliphatic heterocycles. The summed E-state index contributed by atoms with van der Waals surface area (Å²) < 4.78 is 5.04. The largest absolute Gasteiger partial charge is 0.466 e. The summed E-state index contributed by atoms with van der Waals surface area (Å²) in [6.45, 7) is 12.0. The zero-order valence-electron chi connectivity index (χ0n) is 11.9. The Morgan fingerprint density at radius 1 is 1.50 bits per heavy atom. The van der Waals surface area contributed by atoms with E-state index in [2.05, 4.69) is 13.5 Å². The number of Topliss-reactive ketones (excluding diaryl/α,β-unsaturated/α-hetero) is 1. The monoisotopic (exact) mass is 252 g/mol. The first kappa shape index (κ1) is 14.9. The molecule has 0 aromatic heterocycles. The van der Waals surface area contributed by atoms with E-state index in [9.17, 15) is 9.59 Å². The van der Waals surface area contributed by atoms with E-state index in [0.717, 1.165) is 18.4 Å². The molecule has 18 heavy (non-hydrogen) atoms. The van der Waals surface area contributed by atoms with Gasteiger partial charge in [0.05, 0.1) is 6.61 Å². The first-order valence-corrected chi connectivity index (χ1v) is 6.60.